The fraction of sp³-hybridized carbons (Fsp3) is 0.583. The molecule has 0 saturated heterocycles. The van der Waals surface area contributed by atoms with Crippen LogP contribution >= 0.6 is 0 Å². The van der Waals surface area contributed by atoms with Crippen molar-refractivity contribution in [2.75, 3.05) is 6.61 Å². The van der Waals surface area contributed by atoms with Gasteiger partial charge in [0, 0.05) is 19.0 Å². The van der Waals surface area contributed by atoms with Gasteiger partial charge in [0.05, 0.1) is 17.5 Å². The Morgan fingerprint density at radius 3 is 2.77 bits per heavy atom. The Kier molecular flexibility index (Phi) is 8.20. The van der Waals surface area contributed by atoms with Crippen LogP contribution in [-0.4, -0.2) is 34.1 Å². The molecule has 168 valence electrons. The quantitative estimate of drug-likeness (QED) is 0.620. The fourth-order valence-corrected chi connectivity index (χ4v) is 4.16. The van der Waals surface area contributed by atoms with Crippen LogP contribution < -0.4 is 10.9 Å². The standard InChI is InChI=1S/C24H33N3O4/c1-3-4-15-27-21-12-8-7-11-19(21)25-20(24(27)30)13-14-23(29)31-16-22(28)26-18-10-6-5-9-17(18)2/h7-8,11-12,17-18H,3-6,9-10,13-16H2,1-2H3,(H,26,28)/t17-,18+/m0/s1. The number of rotatable bonds is 9. The zero-order valence-corrected chi connectivity index (χ0v) is 18.6. The molecule has 1 aromatic carbocycles. The number of nitrogens with one attached hydrogen (secondary N) is 1. The largest absolute Gasteiger partial charge is 0.456 e. The van der Waals surface area contributed by atoms with Crippen LogP contribution in [-0.2, 0) is 27.3 Å². The topological polar surface area (TPSA) is 90.3 Å². The van der Waals surface area contributed by atoms with Crippen LogP contribution in [0.25, 0.3) is 11.0 Å². The van der Waals surface area contributed by atoms with Crippen LogP contribution in [0.15, 0.2) is 29.1 Å². The van der Waals surface area contributed by atoms with Gasteiger partial charge in [-0.1, -0.05) is 45.2 Å². The van der Waals surface area contributed by atoms with Crippen molar-refractivity contribution < 1.29 is 14.3 Å². The number of fused-ring (bicyclic) bond motifs is 1. The van der Waals surface area contributed by atoms with Crippen molar-refractivity contribution in [3.8, 4) is 0 Å². The van der Waals surface area contributed by atoms with Gasteiger partial charge in [-0.3, -0.25) is 14.4 Å². The number of aryl methyl sites for hydroxylation is 2. The summed E-state index contributed by atoms with van der Waals surface area (Å²) in [6.07, 6.45) is 6.47. The smallest absolute Gasteiger partial charge is 0.306 e. The molecule has 7 heteroatoms. The molecule has 3 rings (SSSR count). The maximum absolute atomic E-state index is 12.9. The van der Waals surface area contributed by atoms with Gasteiger partial charge in [0.2, 0.25) is 0 Å². The molecular weight excluding hydrogens is 394 g/mol. The number of benzene rings is 1. The minimum Gasteiger partial charge on any atom is -0.456 e. The molecule has 1 heterocycles. The van der Waals surface area contributed by atoms with Crippen molar-refractivity contribution >= 4 is 22.9 Å². The second kappa shape index (κ2) is 11.1. The Labute approximate surface area is 183 Å². The van der Waals surface area contributed by atoms with Crippen molar-refractivity contribution in [2.45, 2.75) is 77.8 Å². The van der Waals surface area contributed by atoms with E-state index < -0.39 is 5.97 Å². The van der Waals surface area contributed by atoms with Gasteiger partial charge >= 0.3 is 5.97 Å². The Hall–Kier alpha value is -2.70. The Morgan fingerprint density at radius 1 is 1.23 bits per heavy atom. The summed E-state index contributed by atoms with van der Waals surface area (Å²) in [7, 11) is 0. The van der Waals surface area contributed by atoms with Crippen LogP contribution in [0, 0.1) is 5.92 Å². The average Bonchev–Trinajstić information content (AvgIpc) is 2.77. The van der Waals surface area contributed by atoms with Gasteiger partial charge in [0.1, 0.15) is 5.69 Å². The van der Waals surface area contributed by atoms with Crippen LogP contribution in [0.3, 0.4) is 0 Å². The Balaban J connectivity index is 1.56. The molecule has 0 aliphatic heterocycles. The lowest BCUT2D eigenvalue weighted by Gasteiger charge is -2.29. The number of ether oxygens (including phenoxy) is 1. The van der Waals surface area contributed by atoms with Gasteiger partial charge in [0.25, 0.3) is 11.5 Å². The highest BCUT2D eigenvalue weighted by atomic mass is 16.5. The molecule has 0 spiro atoms. The van der Waals surface area contributed by atoms with Crippen molar-refractivity contribution in [3.63, 3.8) is 0 Å². The van der Waals surface area contributed by atoms with Crippen molar-refractivity contribution in [3.05, 3.63) is 40.3 Å². The third-order valence-corrected chi connectivity index (χ3v) is 6.04. The maximum atomic E-state index is 12.9. The maximum Gasteiger partial charge on any atom is 0.306 e. The number of nitrogens with zero attached hydrogens (tertiary/aromatic N) is 2. The van der Waals surface area contributed by atoms with Gasteiger partial charge in [-0.15, -0.1) is 0 Å². The molecule has 0 bridgehead atoms. The van der Waals surface area contributed by atoms with E-state index in [1.807, 2.05) is 24.3 Å². The first-order valence-corrected chi connectivity index (χ1v) is 11.4. The van der Waals surface area contributed by atoms with Crippen molar-refractivity contribution in [1.29, 1.82) is 0 Å². The molecule has 1 N–H and O–H groups in total. The summed E-state index contributed by atoms with van der Waals surface area (Å²) in [5.74, 6) is -0.318. The highest BCUT2D eigenvalue weighted by molar-refractivity contribution is 5.81. The van der Waals surface area contributed by atoms with Gasteiger partial charge in [-0.05, 0) is 37.3 Å². The number of esters is 1. The number of para-hydroxylation sites is 2. The average molecular weight is 428 g/mol. The highest BCUT2D eigenvalue weighted by Gasteiger charge is 2.23. The lowest BCUT2D eigenvalue weighted by Crippen LogP contribution is -2.42. The summed E-state index contributed by atoms with van der Waals surface area (Å²) >= 11 is 0. The summed E-state index contributed by atoms with van der Waals surface area (Å²) in [6.45, 7) is 4.56. The van der Waals surface area contributed by atoms with Crippen molar-refractivity contribution in [1.82, 2.24) is 14.9 Å². The number of carbonyl (C=O) groups excluding carboxylic acids is 2. The predicted octanol–water partition coefficient (Wildman–Crippen LogP) is 3.37. The van der Waals surface area contributed by atoms with Crippen LogP contribution in [0.5, 0.6) is 0 Å². The first kappa shape index (κ1) is 23.0. The number of hydrogen-bond acceptors (Lipinski definition) is 5. The minimum absolute atomic E-state index is 0.0153. The van der Waals surface area contributed by atoms with E-state index in [9.17, 15) is 14.4 Å². The lowest BCUT2D eigenvalue weighted by molar-refractivity contribution is -0.148. The van der Waals surface area contributed by atoms with Crippen LogP contribution in [0.4, 0.5) is 0 Å². The summed E-state index contributed by atoms with van der Waals surface area (Å²) in [5, 5.41) is 2.97. The molecule has 2 aromatic rings. The molecule has 7 nitrogen and oxygen atoms in total. The normalized spacial score (nSPS) is 18.6. The van der Waals surface area contributed by atoms with Crippen LogP contribution in [0.2, 0.25) is 0 Å². The van der Waals surface area contributed by atoms with E-state index in [0.717, 1.165) is 43.1 Å². The summed E-state index contributed by atoms with van der Waals surface area (Å²) in [5.41, 5.74) is 1.74. The molecule has 1 amide bonds. The zero-order valence-electron chi connectivity index (χ0n) is 18.6. The van der Waals surface area contributed by atoms with Gasteiger partial charge in [0.15, 0.2) is 6.61 Å². The number of aromatic nitrogens is 2. The molecule has 1 aliphatic rings. The van der Waals surface area contributed by atoms with E-state index in [4.69, 9.17) is 4.74 Å². The number of carbonyl (C=O) groups is 2. The Morgan fingerprint density at radius 2 is 2.00 bits per heavy atom. The van der Waals surface area contributed by atoms with Crippen molar-refractivity contribution in [2.24, 2.45) is 5.92 Å². The fourth-order valence-electron chi connectivity index (χ4n) is 4.16. The third-order valence-electron chi connectivity index (χ3n) is 6.04. The second-order valence-electron chi connectivity index (χ2n) is 8.45. The van der Waals surface area contributed by atoms with Gasteiger partial charge < -0.3 is 14.6 Å². The second-order valence-corrected chi connectivity index (χ2v) is 8.45. The van der Waals surface area contributed by atoms with E-state index in [1.54, 1.807) is 4.57 Å². The monoisotopic (exact) mass is 427 g/mol. The highest BCUT2D eigenvalue weighted by Crippen LogP contribution is 2.23. The molecule has 0 radical (unpaired) electrons. The molecule has 1 aliphatic carbocycles. The van der Waals surface area contributed by atoms with Crippen LogP contribution in [0.1, 0.15) is 64.5 Å². The number of unbranched alkanes of at least 4 members (excludes halogenated alkanes) is 1. The van der Waals surface area contributed by atoms with E-state index in [0.29, 0.717) is 18.2 Å². The summed E-state index contributed by atoms with van der Waals surface area (Å²) in [4.78, 5) is 41.7. The Bertz CT molecular complexity index is 969. The SMILES string of the molecule is CCCCn1c(=O)c(CCC(=O)OCC(=O)N[C@@H]2CCCC[C@@H]2C)nc2ccccc21. The van der Waals surface area contributed by atoms with E-state index in [1.165, 1.54) is 6.42 Å². The van der Waals surface area contributed by atoms with Gasteiger partial charge in [-0.25, -0.2) is 4.98 Å². The molecular formula is C24H33N3O4. The molecule has 31 heavy (non-hydrogen) atoms. The number of hydrogen-bond donors (Lipinski definition) is 1. The molecule has 1 aromatic heterocycles. The van der Waals surface area contributed by atoms with E-state index in [-0.39, 0.29) is 37.0 Å². The third kappa shape index (κ3) is 6.15. The van der Waals surface area contributed by atoms with Gasteiger partial charge in [-0.2, -0.15) is 0 Å². The minimum atomic E-state index is -0.499. The zero-order chi connectivity index (χ0) is 22.2. The lowest BCUT2D eigenvalue weighted by atomic mass is 9.86. The molecule has 1 saturated carbocycles. The molecule has 2 atom stereocenters. The summed E-state index contributed by atoms with van der Waals surface area (Å²) in [6, 6.07) is 7.69. The first-order chi connectivity index (χ1) is 15.0. The molecule has 0 unspecified atom stereocenters. The van der Waals surface area contributed by atoms with E-state index >= 15 is 0 Å². The molecule has 1 fully saturated rings. The van der Waals surface area contributed by atoms with E-state index in [2.05, 4.69) is 24.1 Å². The summed E-state index contributed by atoms with van der Waals surface area (Å²) < 4.78 is 6.88. The first-order valence-electron chi connectivity index (χ1n) is 11.4. The number of amides is 1. The predicted molar refractivity (Wildman–Crippen MR) is 120 cm³/mol.